The molecule has 2 aliphatic carbocycles. The van der Waals surface area contributed by atoms with Crippen LogP contribution in [0.5, 0.6) is 5.88 Å². The molecule has 4 aromatic rings. The van der Waals surface area contributed by atoms with Gasteiger partial charge in [-0.15, -0.1) is 5.10 Å². The summed E-state index contributed by atoms with van der Waals surface area (Å²) in [5.74, 6) is 1.34. The van der Waals surface area contributed by atoms with Crippen LogP contribution in [-0.4, -0.2) is 80.7 Å². The van der Waals surface area contributed by atoms with Gasteiger partial charge in [-0.05, 0) is 51.1 Å². The molecular weight excluding hydrogens is 528 g/mol. The lowest BCUT2D eigenvalue weighted by atomic mass is 9.93. The van der Waals surface area contributed by atoms with Gasteiger partial charge in [0, 0.05) is 81.2 Å². The van der Waals surface area contributed by atoms with Crippen molar-refractivity contribution in [2.24, 2.45) is 7.05 Å². The van der Waals surface area contributed by atoms with E-state index in [-0.39, 0.29) is 23.2 Å². The third-order valence-electron chi connectivity index (χ3n) is 9.59. The van der Waals surface area contributed by atoms with Crippen LogP contribution in [0.15, 0.2) is 53.5 Å². The molecule has 0 unspecified atom stereocenters. The Labute approximate surface area is 246 Å². The van der Waals surface area contributed by atoms with E-state index in [0.717, 1.165) is 79.8 Å². The maximum absolute atomic E-state index is 11.7. The Morgan fingerprint density at radius 1 is 0.929 bits per heavy atom. The minimum atomic E-state index is -0.139. The Morgan fingerprint density at radius 2 is 1.67 bits per heavy atom. The number of aryl methyl sites for hydroxylation is 1. The molecule has 0 amide bonds. The molecule has 4 heterocycles. The van der Waals surface area contributed by atoms with Crippen molar-refractivity contribution in [1.82, 2.24) is 34.3 Å². The molecule has 0 radical (unpaired) electrons. The van der Waals surface area contributed by atoms with E-state index >= 15 is 0 Å². The van der Waals surface area contributed by atoms with Crippen LogP contribution in [0.2, 0.25) is 0 Å². The predicted octanol–water partition coefficient (Wildman–Crippen LogP) is 4.03. The minimum Gasteiger partial charge on any atom is -0.473 e. The first kappa shape index (κ1) is 27.1. The monoisotopic (exact) mass is 568 g/mol. The van der Waals surface area contributed by atoms with E-state index in [1.54, 1.807) is 13.1 Å². The second-order valence-electron chi connectivity index (χ2n) is 12.2. The molecule has 10 heteroatoms. The Kier molecular flexibility index (Phi) is 6.98. The standard InChI is InChI=1S/C32H40N8O2/c1-33-28-20-27-26(21-34-28)31(22-4-6-23(7-5-22)32(14-15-32)39-18-16-37(2)17-19-39)36-40(27)24-8-10-25(11-9-24)42-29-12-13-30(41)38(3)35-29/h4-7,12-13,20-21,24-25H,8-11,14-19H2,1-3H3,(H,33,34)/t24-,25+. The first-order valence-electron chi connectivity index (χ1n) is 15.2. The fourth-order valence-electron chi connectivity index (χ4n) is 6.86. The van der Waals surface area contributed by atoms with Crippen LogP contribution in [0.25, 0.3) is 22.2 Å². The van der Waals surface area contributed by atoms with E-state index in [0.29, 0.717) is 5.88 Å². The normalized spacial score (nSPS) is 22.7. The molecule has 3 aliphatic rings. The third-order valence-corrected chi connectivity index (χ3v) is 9.59. The maximum Gasteiger partial charge on any atom is 0.266 e. The van der Waals surface area contributed by atoms with Crippen LogP contribution in [0.4, 0.5) is 5.82 Å². The summed E-state index contributed by atoms with van der Waals surface area (Å²) in [7, 11) is 5.76. The number of anilines is 1. The Balaban J connectivity index is 1.12. The number of likely N-dealkylation sites (N-methyl/N-ethyl adjacent to an activating group) is 1. The number of nitrogens with one attached hydrogen (secondary N) is 1. The lowest BCUT2D eigenvalue weighted by molar-refractivity contribution is 0.0976. The third kappa shape index (κ3) is 4.96. The van der Waals surface area contributed by atoms with Crippen molar-refractivity contribution in [3.05, 3.63) is 64.6 Å². The SMILES string of the molecule is CNc1cc2c(cn1)c(-c1ccc(C3(N4CCN(C)CC4)CC3)cc1)nn2[C@H]1CC[C@@H](Oc2ccc(=O)n(C)n2)CC1. The Bertz CT molecular complexity index is 1620. The van der Waals surface area contributed by atoms with Gasteiger partial charge in [0.1, 0.15) is 17.6 Å². The molecule has 42 heavy (non-hydrogen) atoms. The molecule has 220 valence electrons. The molecule has 3 aromatic heterocycles. The van der Waals surface area contributed by atoms with Crippen molar-refractivity contribution in [2.45, 2.75) is 56.2 Å². The average Bonchev–Trinajstić information content (AvgIpc) is 3.74. The van der Waals surface area contributed by atoms with Crippen molar-refractivity contribution >= 4 is 16.7 Å². The summed E-state index contributed by atoms with van der Waals surface area (Å²) in [6.07, 6.45) is 8.24. The molecule has 3 fully saturated rings. The molecule has 1 aliphatic heterocycles. The largest absolute Gasteiger partial charge is 0.473 e. The highest BCUT2D eigenvalue weighted by atomic mass is 16.5. The second kappa shape index (κ2) is 10.8. The predicted molar refractivity (Wildman–Crippen MR) is 164 cm³/mol. The summed E-state index contributed by atoms with van der Waals surface area (Å²) in [6.45, 7) is 4.56. The van der Waals surface area contributed by atoms with Gasteiger partial charge in [0.25, 0.3) is 5.56 Å². The van der Waals surface area contributed by atoms with E-state index in [1.807, 2.05) is 13.2 Å². The van der Waals surface area contributed by atoms with Crippen LogP contribution in [0.1, 0.15) is 50.1 Å². The summed E-state index contributed by atoms with van der Waals surface area (Å²) in [5.41, 5.74) is 4.74. The Morgan fingerprint density at radius 3 is 2.33 bits per heavy atom. The van der Waals surface area contributed by atoms with Crippen LogP contribution >= 0.6 is 0 Å². The number of hydrogen-bond donors (Lipinski definition) is 1. The van der Waals surface area contributed by atoms with Gasteiger partial charge in [0.2, 0.25) is 5.88 Å². The molecule has 2 saturated carbocycles. The highest BCUT2D eigenvalue weighted by Gasteiger charge is 2.49. The van der Waals surface area contributed by atoms with Gasteiger partial charge >= 0.3 is 0 Å². The smallest absolute Gasteiger partial charge is 0.266 e. The van der Waals surface area contributed by atoms with Gasteiger partial charge in [-0.2, -0.15) is 5.10 Å². The average molecular weight is 569 g/mol. The van der Waals surface area contributed by atoms with Crippen molar-refractivity contribution in [3.63, 3.8) is 0 Å². The van der Waals surface area contributed by atoms with E-state index in [4.69, 9.17) is 9.84 Å². The van der Waals surface area contributed by atoms with E-state index < -0.39 is 0 Å². The molecule has 0 atom stereocenters. The quantitative estimate of drug-likeness (QED) is 0.357. The molecule has 1 N–H and O–H groups in total. The summed E-state index contributed by atoms with van der Waals surface area (Å²) < 4.78 is 9.67. The zero-order valence-corrected chi connectivity index (χ0v) is 24.8. The molecule has 1 aromatic carbocycles. The lowest BCUT2D eigenvalue weighted by Crippen LogP contribution is -2.49. The number of aromatic nitrogens is 5. The second-order valence-corrected chi connectivity index (χ2v) is 12.2. The molecule has 1 saturated heterocycles. The molecule has 7 rings (SSSR count). The van der Waals surface area contributed by atoms with E-state index in [1.165, 1.54) is 29.2 Å². The zero-order chi connectivity index (χ0) is 28.8. The van der Waals surface area contributed by atoms with Crippen molar-refractivity contribution in [1.29, 1.82) is 0 Å². The number of hydrogen-bond acceptors (Lipinski definition) is 8. The Hall–Kier alpha value is -3.76. The van der Waals surface area contributed by atoms with Gasteiger partial charge < -0.3 is 15.0 Å². The first-order chi connectivity index (χ1) is 20.4. The number of pyridine rings is 1. The summed E-state index contributed by atoms with van der Waals surface area (Å²) in [5, 5.41) is 13.8. The topological polar surface area (TPSA) is 93.3 Å². The van der Waals surface area contributed by atoms with E-state index in [2.05, 4.69) is 67.3 Å². The van der Waals surface area contributed by atoms with Crippen LogP contribution in [0.3, 0.4) is 0 Å². The summed E-state index contributed by atoms with van der Waals surface area (Å²) in [6, 6.07) is 14.7. The first-order valence-corrected chi connectivity index (χ1v) is 15.2. The number of fused-ring (bicyclic) bond motifs is 1. The van der Waals surface area contributed by atoms with Gasteiger partial charge in [-0.25, -0.2) is 9.67 Å². The lowest BCUT2D eigenvalue weighted by Gasteiger charge is -2.38. The molecular formula is C32H40N8O2. The van der Waals surface area contributed by atoms with Gasteiger partial charge in [-0.3, -0.25) is 14.4 Å². The molecule has 10 nitrogen and oxygen atoms in total. The van der Waals surface area contributed by atoms with E-state index in [9.17, 15) is 4.79 Å². The fraction of sp³-hybridized carbons (Fsp3) is 0.500. The van der Waals surface area contributed by atoms with Crippen LogP contribution in [-0.2, 0) is 12.6 Å². The zero-order valence-electron chi connectivity index (χ0n) is 24.8. The van der Waals surface area contributed by atoms with Crippen molar-refractivity contribution in [3.8, 4) is 17.1 Å². The van der Waals surface area contributed by atoms with Gasteiger partial charge in [0.15, 0.2) is 0 Å². The van der Waals surface area contributed by atoms with Gasteiger partial charge in [0.05, 0.1) is 11.6 Å². The van der Waals surface area contributed by atoms with Crippen molar-refractivity contribution < 1.29 is 4.74 Å². The van der Waals surface area contributed by atoms with Gasteiger partial charge in [-0.1, -0.05) is 24.3 Å². The van der Waals surface area contributed by atoms with Crippen LogP contribution in [0, 0.1) is 0 Å². The number of ether oxygens (including phenoxy) is 1. The number of benzene rings is 1. The number of nitrogens with zero attached hydrogens (tertiary/aromatic N) is 7. The highest BCUT2D eigenvalue weighted by molar-refractivity contribution is 5.94. The van der Waals surface area contributed by atoms with Crippen molar-refractivity contribution in [2.75, 3.05) is 45.6 Å². The fourth-order valence-corrected chi connectivity index (χ4v) is 6.86. The molecule has 0 bridgehead atoms. The summed E-state index contributed by atoms with van der Waals surface area (Å²) in [4.78, 5) is 21.5. The maximum atomic E-state index is 11.7. The number of piperazine rings is 1. The number of rotatable bonds is 7. The van der Waals surface area contributed by atoms with Crippen LogP contribution < -0.4 is 15.6 Å². The molecule has 0 spiro atoms. The summed E-state index contributed by atoms with van der Waals surface area (Å²) >= 11 is 0. The minimum absolute atomic E-state index is 0.0738. The highest BCUT2D eigenvalue weighted by Crippen LogP contribution is 2.51.